The summed E-state index contributed by atoms with van der Waals surface area (Å²) in [5, 5.41) is 8.95. The van der Waals surface area contributed by atoms with Gasteiger partial charge in [-0.2, -0.15) is 5.26 Å². The van der Waals surface area contributed by atoms with Crippen molar-refractivity contribution in [1.82, 2.24) is 0 Å². The summed E-state index contributed by atoms with van der Waals surface area (Å²) in [5.74, 6) is 0.00450. The molecule has 3 nitrogen and oxygen atoms in total. The van der Waals surface area contributed by atoms with Crippen LogP contribution in [0.25, 0.3) is 0 Å². The lowest BCUT2D eigenvalue weighted by Crippen LogP contribution is -2.29. The second kappa shape index (κ2) is 6.77. The van der Waals surface area contributed by atoms with Crippen molar-refractivity contribution in [2.45, 2.75) is 26.8 Å². The normalized spacial score (nSPS) is 13.8. The van der Waals surface area contributed by atoms with E-state index in [0.29, 0.717) is 0 Å². The van der Waals surface area contributed by atoms with E-state index in [1.54, 1.807) is 0 Å². The van der Waals surface area contributed by atoms with Crippen molar-refractivity contribution in [2.75, 3.05) is 18.0 Å². The van der Waals surface area contributed by atoms with E-state index >= 15 is 0 Å². The fraction of sp³-hybridized carbons (Fsp3) is 0.500. The molecule has 1 aromatic rings. The zero-order valence-corrected chi connectivity index (χ0v) is 12.7. The molecule has 2 N–H and O–H groups in total. The second-order valence-corrected chi connectivity index (χ2v) is 5.48. The summed E-state index contributed by atoms with van der Waals surface area (Å²) in [6, 6.07) is 8.39. The Morgan fingerprint density at radius 1 is 1.44 bits per heavy atom. The van der Waals surface area contributed by atoms with E-state index in [-0.39, 0.29) is 12.0 Å². The van der Waals surface area contributed by atoms with E-state index in [0.717, 1.165) is 28.8 Å². The maximum atomic E-state index is 8.95. The van der Waals surface area contributed by atoms with Crippen LogP contribution in [0.2, 0.25) is 0 Å². The van der Waals surface area contributed by atoms with E-state index in [1.807, 2.05) is 26.0 Å². The van der Waals surface area contributed by atoms with Crippen LogP contribution in [0.4, 0.5) is 5.69 Å². The van der Waals surface area contributed by atoms with Crippen LogP contribution in [0.3, 0.4) is 0 Å². The first-order chi connectivity index (χ1) is 8.49. The Hall–Kier alpha value is -1.05. The molecule has 4 heteroatoms. The number of benzene rings is 1. The van der Waals surface area contributed by atoms with Crippen LogP contribution >= 0.6 is 15.9 Å². The first kappa shape index (κ1) is 15.0. The molecule has 98 valence electrons. The van der Waals surface area contributed by atoms with E-state index in [9.17, 15) is 0 Å². The Kier molecular flexibility index (Phi) is 5.64. The molecule has 18 heavy (non-hydrogen) atoms. The molecule has 2 unspecified atom stereocenters. The predicted molar refractivity (Wildman–Crippen MR) is 79.4 cm³/mol. The Balaban J connectivity index is 3.11. The van der Waals surface area contributed by atoms with Gasteiger partial charge in [-0.25, -0.2) is 0 Å². The lowest BCUT2D eigenvalue weighted by Gasteiger charge is -2.28. The third kappa shape index (κ3) is 3.72. The molecule has 0 heterocycles. The minimum Gasteiger partial charge on any atom is -0.370 e. The van der Waals surface area contributed by atoms with Crippen molar-refractivity contribution in [2.24, 2.45) is 11.7 Å². The number of hydrogen-bond donors (Lipinski definition) is 1. The van der Waals surface area contributed by atoms with Gasteiger partial charge in [0.1, 0.15) is 0 Å². The number of hydrogen-bond acceptors (Lipinski definition) is 3. The summed E-state index contributed by atoms with van der Waals surface area (Å²) in [7, 11) is 0. The molecule has 0 fully saturated rings. The number of halogens is 1. The molecule has 0 aliphatic heterocycles. The Morgan fingerprint density at radius 2 is 2.11 bits per heavy atom. The lowest BCUT2D eigenvalue weighted by atomic mass is 10.0. The van der Waals surface area contributed by atoms with Crippen LogP contribution in [-0.4, -0.2) is 13.1 Å². The monoisotopic (exact) mass is 309 g/mol. The standard InChI is InChI=1S/C14H20BrN3/c1-4-18(9-10(2)8-16)14-7-12(15)5-6-13(14)11(3)17/h5-7,10-11H,4,9,17H2,1-3H3. The minimum atomic E-state index is -0.0143. The largest absolute Gasteiger partial charge is 0.370 e. The Morgan fingerprint density at radius 3 is 2.61 bits per heavy atom. The highest BCUT2D eigenvalue weighted by Crippen LogP contribution is 2.29. The summed E-state index contributed by atoms with van der Waals surface area (Å²) in [5.41, 5.74) is 8.24. The van der Waals surface area contributed by atoms with Gasteiger partial charge in [0.25, 0.3) is 0 Å². The molecule has 0 radical (unpaired) electrons. The highest BCUT2D eigenvalue weighted by atomic mass is 79.9. The van der Waals surface area contributed by atoms with Crippen LogP contribution in [0.15, 0.2) is 22.7 Å². The van der Waals surface area contributed by atoms with E-state index in [2.05, 4.69) is 39.9 Å². The smallest absolute Gasteiger partial charge is 0.0671 e. The zero-order chi connectivity index (χ0) is 13.7. The topological polar surface area (TPSA) is 53.0 Å². The maximum absolute atomic E-state index is 8.95. The summed E-state index contributed by atoms with van der Waals surface area (Å²) in [6.07, 6.45) is 0. The van der Waals surface area contributed by atoms with Crippen molar-refractivity contribution < 1.29 is 0 Å². The van der Waals surface area contributed by atoms with E-state index < -0.39 is 0 Å². The molecule has 0 amide bonds. The quantitative estimate of drug-likeness (QED) is 0.906. The van der Waals surface area contributed by atoms with Crippen molar-refractivity contribution in [3.8, 4) is 6.07 Å². The lowest BCUT2D eigenvalue weighted by molar-refractivity contribution is 0.678. The highest BCUT2D eigenvalue weighted by molar-refractivity contribution is 9.10. The fourth-order valence-electron chi connectivity index (χ4n) is 1.94. The van der Waals surface area contributed by atoms with E-state index in [1.165, 1.54) is 0 Å². The third-order valence-corrected chi connectivity index (χ3v) is 3.41. The number of nitrogens with zero attached hydrogens (tertiary/aromatic N) is 2. The van der Waals surface area contributed by atoms with Crippen molar-refractivity contribution in [3.05, 3.63) is 28.2 Å². The van der Waals surface area contributed by atoms with Gasteiger partial charge in [-0.3, -0.25) is 0 Å². The van der Waals surface area contributed by atoms with Crippen LogP contribution < -0.4 is 10.6 Å². The number of nitrogens with two attached hydrogens (primary N) is 1. The number of rotatable bonds is 5. The first-order valence-electron chi connectivity index (χ1n) is 6.19. The summed E-state index contributed by atoms with van der Waals surface area (Å²) < 4.78 is 1.03. The summed E-state index contributed by atoms with van der Waals surface area (Å²) in [6.45, 7) is 7.60. The average molecular weight is 310 g/mol. The SMILES string of the molecule is CCN(CC(C)C#N)c1cc(Br)ccc1C(C)N. The van der Waals surface area contributed by atoms with Gasteiger partial charge in [-0.1, -0.05) is 22.0 Å². The van der Waals surface area contributed by atoms with Gasteiger partial charge in [0.05, 0.1) is 12.0 Å². The number of nitriles is 1. The molecule has 0 aliphatic rings. The molecule has 1 rings (SSSR count). The van der Waals surface area contributed by atoms with E-state index in [4.69, 9.17) is 11.0 Å². The van der Waals surface area contributed by atoms with Gasteiger partial charge in [0.15, 0.2) is 0 Å². The van der Waals surface area contributed by atoms with Crippen LogP contribution in [0, 0.1) is 17.2 Å². The van der Waals surface area contributed by atoms with Crippen molar-refractivity contribution in [3.63, 3.8) is 0 Å². The Bertz CT molecular complexity index is 437. The van der Waals surface area contributed by atoms with Gasteiger partial charge in [0, 0.05) is 29.3 Å². The third-order valence-electron chi connectivity index (χ3n) is 2.92. The van der Waals surface area contributed by atoms with Gasteiger partial charge in [-0.15, -0.1) is 0 Å². The van der Waals surface area contributed by atoms with Gasteiger partial charge >= 0.3 is 0 Å². The molecule has 0 aromatic heterocycles. The highest BCUT2D eigenvalue weighted by Gasteiger charge is 2.15. The average Bonchev–Trinajstić information content (AvgIpc) is 2.35. The fourth-order valence-corrected chi connectivity index (χ4v) is 2.29. The van der Waals surface area contributed by atoms with Gasteiger partial charge in [0.2, 0.25) is 0 Å². The van der Waals surface area contributed by atoms with Gasteiger partial charge < -0.3 is 10.6 Å². The van der Waals surface area contributed by atoms with Gasteiger partial charge in [-0.05, 0) is 38.5 Å². The number of anilines is 1. The van der Waals surface area contributed by atoms with Crippen LogP contribution in [0.5, 0.6) is 0 Å². The molecule has 2 atom stereocenters. The van der Waals surface area contributed by atoms with Crippen molar-refractivity contribution >= 4 is 21.6 Å². The second-order valence-electron chi connectivity index (χ2n) is 4.56. The zero-order valence-electron chi connectivity index (χ0n) is 11.2. The molecular formula is C14H20BrN3. The molecule has 0 saturated heterocycles. The molecule has 1 aromatic carbocycles. The maximum Gasteiger partial charge on any atom is 0.0671 e. The molecule has 0 bridgehead atoms. The van der Waals surface area contributed by atoms with Crippen LogP contribution in [-0.2, 0) is 0 Å². The summed E-state index contributed by atoms with van der Waals surface area (Å²) in [4.78, 5) is 2.21. The Labute approximate surface area is 118 Å². The molecular weight excluding hydrogens is 290 g/mol. The predicted octanol–water partition coefficient (Wildman–Crippen LogP) is 3.45. The minimum absolute atomic E-state index is 0.00450. The first-order valence-corrected chi connectivity index (χ1v) is 6.98. The molecule has 0 spiro atoms. The molecule has 0 aliphatic carbocycles. The van der Waals surface area contributed by atoms with Crippen molar-refractivity contribution in [1.29, 1.82) is 5.26 Å². The molecule has 0 saturated carbocycles. The summed E-state index contributed by atoms with van der Waals surface area (Å²) >= 11 is 3.49. The van der Waals surface area contributed by atoms with Crippen LogP contribution in [0.1, 0.15) is 32.4 Å².